The lowest BCUT2D eigenvalue weighted by Crippen LogP contribution is -2.28. The maximum absolute atomic E-state index is 12.4. The van der Waals surface area contributed by atoms with Crippen molar-refractivity contribution in [3.05, 3.63) is 46.8 Å². The molecule has 1 amide bonds. The molecule has 0 radical (unpaired) electrons. The van der Waals surface area contributed by atoms with E-state index in [0.29, 0.717) is 22.7 Å². The number of nitrogens with one attached hydrogen (secondary N) is 1. The minimum absolute atomic E-state index is 0.128. The third kappa shape index (κ3) is 4.40. The number of methoxy groups -OCH3 is 1. The minimum atomic E-state index is -0.231. The highest BCUT2D eigenvalue weighted by atomic mass is 16.5. The van der Waals surface area contributed by atoms with Crippen LogP contribution in [-0.2, 0) is 17.9 Å². The van der Waals surface area contributed by atoms with Gasteiger partial charge in [0, 0.05) is 27.1 Å². The van der Waals surface area contributed by atoms with Crippen LogP contribution in [0.25, 0.3) is 10.9 Å². The van der Waals surface area contributed by atoms with Crippen LogP contribution in [0.4, 0.5) is 5.95 Å². The summed E-state index contributed by atoms with van der Waals surface area (Å²) in [5, 5.41) is 3.27. The number of fused-ring (bicyclic) bond motifs is 1. The highest BCUT2D eigenvalue weighted by molar-refractivity contribution is 5.77. The molecule has 0 aliphatic carbocycles. The van der Waals surface area contributed by atoms with Gasteiger partial charge in [0.1, 0.15) is 0 Å². The molecule has 0 atom stereocenters. The lowest BCUT2D eigenvalue weighted by Gasteiger charge is -2.12. The van der Waals surface area contributed by atoms with Crippen molar-refractivity contribution in [3.8, 4) is 6.01 Å². The van der Waals surface area contributed by atoms with Crippen LogP contribution >= 0.6 is 0 Å². The Morgan fingerprint density at radius 1 is 1.21 bits per heavy atom. The smallest absolute Gasteiger partial charge is 0.321 e. The van der Waals surface area contributed by atoms with Crippen molar-refractivity contribution >= 4 is 22.8 Å². The Morgan fingerprint density at radius 2 is 2.00 bits per heavy atom. The number of nitrogens with zero attached hydrogens (tertiary/aromatic N) is 6. The minimum Gasteiger partial charge on any atom is -0.467 e. The number of carbonyl (C=O) groups is 1. The molecule has 10 nitrogen and oxygen atoms in total. The second kappa shape index (κ2) is 8.42. The fourth-order valence-electron chi connectivity index (χ4n) is 2.51. The summed E-state index contributed by atoms with van der Waals surface area (Å²) in [6, 6.07) is 7.28. The average Bonchev–Trinajstić information content (AvgIpc) is 2.71. The van der Waals surface area contributed by atoms with Crippen LogP contribution in [-0.4, -0.2) is 51.6 Å². The summed E-state index contributed by atoms with van der Waals surface area (Å²) in [4.78, 5) is 43.1. The lowest BCUT2D eigenvalue weighted by molar-refractivity contribution is -0.121. The van der Waals surface area contributed by atoms with E-state index in [1.54, 1.807) is 37.2 Å². The first-order valence-electron chi connectivity index (χ1n) is 8.65. The van der Waals surface area contributed by atoms with Gasteiger partial charge in [-0.1, -0.05) is 12.1 Å². The van der Waals surface area contributed by atoms with Crippen molar-refractivity contribution in [2.24, 2.45) is 0 Å². The molecule has 0 spiro atoms. The molecule has 0 aliphatic rings. The molecule has 0 unspecified atom stereocenters. The van der Waals surface area contributed by atoms with Gasteiger partial charge >= 0.3 is 6.01 Å². The molecule has 1 aromatic carbocycles. The van der Waals surface area contributed by atoms with Crippen LogP contribution < -0.4 is 20.5 Å². The molecule has 10 heteroatoms. The number of carbonyl (C=O) groups excluding carboxylic acids is 1. The van der Waals surface area contributed by atoms with E-state index in [0.717, 1.165) is 0 Å². The number of hydrogen-bond donors (Lipinski definition) is 1. The van der Waals surface area contributed by atoms with Gasteiger partial charge in [0.05, 0.1) is 30.9 Å². The van der Waals surface area contributed by atoms with Gasteiger partial charge in [-0.25, -0.2) is 4.98 Å². The van der Waals surface area contributed by atoms with E-state index in [2.05, 4.69) is 25.3 Å². The van der Waals surface area contributed by atoms with E-state index >= 15 is 0 Å². The topological polar surface area (TPSA) is 115 Å². The van der Waals surface area contributed by atoms with Crippen LogP contribution in [0.1, 0.15) is 12.2 Å². The fraction of sp³-hybridized carbons (Fsp3) is 0.333. The first-order chi connectivity index (χ1) is 13.5. The van der Waals surface area contributed by atoms with E-state index in [1.165, 1.54) is 18.0 Å². The van der Waals surface area contributed by atoms with E-state index in [9.17, 15) is 9.59 Å². The summed E-state index contributed by atoms with van der Waals surface area (Å²) in [7, 11) is 5.06. The Bertz CT molecular complexity index is 1050. The van der Waals surface area contributed by atoms with E-state index in [4.69, 9.17) is 4.74 Å². The van der Waals surface area contributed by atoms with Crippen molar-refractivity contribution in [2.75, 3.05) is 26.1 Å². The largest absolute Gasteiger partial charge is 0.467 e. The summed E-state index contributed by atoms with van der Waals surface area (Å²) < 4.78 is 6.49. The zero-order chi connectivity index (χ0) is 20.1. The summed E-state index contributed by atoms with van der Waals surface area (Å²) in [6.45, 7) is 0.357. The van der Waals surface area contributed by atoms with Gasteiger partial charge in [-0.3, -0.25) is 14.2 Å². The second-order valence-electron chi connectivity index (χ2n) is 6.22. The standard InChI is InChI=1S/C18H21N7O3/c1-24(2)17-21-14(22-18(23-17)28-3)10-19-15(26)8-9-25-11-20-13-7-5-4-6-12(13)16(25)27/h4-7,11H,8-10H2,1-3H3,(H,19,26). The number of hydrogen-bond acceptors (Lipinski definition) is 8. The van der Waals surface area contributed by atoms with Crippen molar-refractivity contribution in [3.63, 3.8) is 0 Å². The third-order valence-corrected chi connectivity index (χ3v) is 3.99. The van der Waals surface area contributed by atoms with Crippen molar-refractivity contribution < 1.29 is 9.53 Å². The van der Waals surface area contributed by atoms with Crippen LogP contribution in [0, 0.1) is 0 Å². The predicted molar refractivity (Wildman–Crippen MR) is 103 cm³/mol. The summed E-state index contributed by atoms with van der Waals surface area (Å²) in [5.41, 5.74) is 0.463. The molecule has 1 N–H and O–H groups in total. The van der Waals surface area contributed by atoms with Gasteiger partial charge in [-0.15, -0.1) is 0 Å². The van der Waals surface area contributed by atoms with Crippen molar-refractivity contribution in [2.45, 2.75) is 19.5 Å². The monoisotopic (exact) mass is 383 g/mol. The summed E-state index contributed by atoms with van der Waals surface area (Å²) in [6.07, 6.45) is 1.58. The number of ether oxygens (including phenoxy) is 1. The third-order valence-electron chi connectivity index (χ3n) is 3.99. The number of amides is 1. The van der Waals surface area contributed by atoms with Gasteiger partial charge in [-0.05, 0) is 12.1 Å². The highest BCUT2D eigenvalue weighted by Gasteiger charge is 2.11. The molecule has 3 rings (SSSR count). The first kappa shape index (κ1) is 19.2. The van der Waals surface area contributed by atoms with Gasteiger partial charge < -0.3 is 15.0 Å². The zero-order valence-corrected chi connectivity index (χ0v) is 15.9. The summed E-state index contributed by atoms with van der Waals surface area (Å²) >= 11 is 0. The lowest BCUT2D eigenvalue weighted by atomic mass is 10.2. The number of benzene rings is 1. The molecule has 28 heavy (non-hydrogen) atoms. The number of anilines is 1. The predicted octanol–water partition coefficient (Wildman–Crippen LogP) is 0.363. The zero-order valence-electron chi connectivity index (χ0n) is 15.9. The highest BCUT2D eigenvalue weighted by Crippen LogP contribution is 2.09. The summed E-state index contributed by atoms with van der Waals surface area (Å²) in [5.74, 6) is 0.587. The van der Waals surface area contributed by atoms with Crippen molar-refractivity contribution in [1.82, 2.24) is 29.8 Å². The molecular weight excluding hydrogens is 362 g/mol. The molecule has 2 aromatic heterocycles. The SMILES string of the molecule is COc1nc(CNC(=O)CCn2cnc3ccccc3c2=O)nc(N(C)C)n1. The van der Waals surface area contributed by atoms with Crippen molar-refractivity contribution in [1.29, 1.82) is 0 Å². The number of para-hydroxylation sites is 1. The molecule has 0 bridgehead atoms. The maximum Gasteiger partial charge on any atom is 0.321 e. The van der Waals surface area contributed by atoms with E-state index < -0.39 is 0 Å². The molecule has 0 fully saturated rings. The van der Waals surface area contributed by atoms with Gasteiger partial charge in [0.25, 0.3) is 5.56 Å². The molecule has 0 aliphatic heterocycles. The molecule has 0 saturated carbocycles. The van der Waals surface area contributed by atoms with Crippen LogP contribution in [0.5, 0.6) is 6.01 Å². The molecule has 2 heterocycles. The number of aryl methyl sites for hydroxylation is 1. The number of rotatable bonds is 7. The van der Waals surface area contributed by atoms with Crippen LogP contribution in [0.15, 0.2) is 35.4 Å². The maximum atomic E-state index is 12.4. The van der Waals surface area contributed by atoms with E-state index in [-0.39, 0.29) is 37.0 Å². The first-order valence-corrected chi connectivity index (χ1v) is 8.65. The Balaban J connectivity index is 1.62. The Morgan fingerprint density at radius 3 is 2.75 bits per heavy atom. The molecule has 146 valence electrons. The normalized spacial score (nSPS) is 10.7. The Hall–Kier alpha value is -3.56. The Labute approximate surface area is 161 Å². The average molecular weight is 383 g/mol. The fourth-order valence-corrected chi connectivity index (χ4v) is 2.51. The quantitative estimate of drug-likeness (QED) is 0.622. The molecular formula is C18H21N7O3. The van der Waals surface area contributed by atoms with E-state index in [1.807, 2.05) is 6.07 Å². The Kier molecular flexibility index (Phi) is 5.78. The molecule has 3 aromatic rings. The number of aromatic nitrogens is 5. The van der Waals surface area contributed by atoms with Gasteiger partial charge in [-0.2, -0.15) is 15.0 Å². The van der Waals surface area contributed by atoms with Gasteiger partial charge in [0.2, 0.25) is 11.9 Å². The van der Waals surface area contributed by atoms with Crippen LogP contribution in [0.3, 0.4) is 0 Å². The second-order valence-corrected chi connectivity index (χ2v) is 6.22. The van der Waals surface area contributed by atoms with Gasteiger partial charge in [0.15, 0.2) is 5.82 Å². The molecule has 0 saturated heterocycles. The van der Waals surface area contributed by atoms with Crippen LogP contribution in [0.2, 0.25) is 0 Å².